The minimum atomic E-state index is -0.225. The Morgan fingerprint density at radius 3 is 2.35 bits per heavy atom. The molecule has 2 N–H and O–H groups in total. The summed E-state index contributed by atoms with van der Waals surface area (Å²) in [5.41, 5.74) is 0. The molecular formula is C16H26N3O3Rh-. The van der Waals surface area contributed by atoms with E-state index in [9.17, 15) is 14.4 Å². The van der Waals surface area contributed by atoms with Crippen molar-refractivity contribution in [2.24, 2.45) is 0 Å². The summed E-state index contributed by atoms with van der Waals surface area (Å²) in [6.45, 7) is 3.95. The number of hydrogen-bond donors (Lipinski definition) is 2. The summed E-state index contributed by atoms with van der Waals surface area (Å²) in [4.78, 5) is 35.4. The number of Topliss-reactive ketones (excluding diaryl/α,β-unsaturated/α-hetero) is 1. The zero-order valence-electron chi connectivity index (χ0n) is 13.6. The van der Waals surface area contributed by atoms with Crippen molar-refractivity contribution in [2.75, 3.05) is 19.6 Å². The van der Waals surface area contributed by atoms with Gasteiger partial charge in [-0.05, 0) is 32.4 Å². The molecule has 0 saturated heterocycles. The van der Waals surface area contributed by atoms with Gasteiger partial charge in [-0.15, -0.1) is 0 Å². The van der Waals surface area contributed by atoms with Crippen LogP contribution in [0.4, 0.5) is 0 Å². The fourth-order valence-electron chi connectivity index (χ4n) is 2.36. The van der Waals surface area contributed by atoms with E-state index in [1.165, 1.54) is 17.1 Å². The molecule has 1 radical (unpaired) electrons. The zero-order valence-corrected chi connectivity index (χ0v) is 15.2. The molecule has 0 aromatic rings. The summed E-state index contributed by atoms with van der Waals surface area (Å²) in [6.07, 6.45) is 6.64. The standard InChI is InChI=1S/C16H26N3O3.Rh/c1-3-14(20)13(17-2)7-4-5-10-18-11-6-12-19-15(21)8-9-16(19)22;/h8-9,13,17-18H,2-7,10-12H2,1H3;/q-1;. The molecule has 0 saturated carbocycles. The summed E-state index contributed by atoms with van der Waals surface area (Å²) >= 11 is 0. The van der Waals surface area contributed by atoms with Gasteiger partial charge in [-0.2, -0.15) is 0 Å². The molecule has 0 aliphatic carbocycles. The first-order valence-corrected chi connectivity index (χ1v) is 7.89. The fourth-order valence-corrected chi connectivity index (χ4v) is 2.36. The first-order chi connectivity index (χ1) is 10.6. The van der Waals surface area contributed by atoms with Crippen LogP contribution in [0.25, 0.3) is 0 Å². The number of rotatable bonds is 12. The number of nitrogens with zero attached hydrogens (tertiary/aromatic N) is 1. The monoisotopic (exact) mass is 411 g/mol. The third-order valence-corrected chi connectivity index (χ3v) is 3.72. The second kappa shape index (κ2) is 12.5. The maximum Gasteiger partial charge on any atom is 0.253 e. The van der Waals surface area contributed by atoms with Gasteiger partial charge >= 0.3 is 0 Å². The predicted octanol–water partition coefficient (Wildman–Crippen LogP) is 0.788. The quantitative estimate of drug-likeness (QED) is 0.215. The number of carbonyl (C=O) groups is 3. The molecule has 0 aromatic heterocycles. The largest absolute Gasteiger partial charge is 0.464 e. The molecule has 0 spiro atoms. The Hall–Kier alpha value is -0.907. The van der Waals surface area contributed by atoms with Gasteiger partial charge in [0.25, 0.3) is 11.8 Å². The summed E-state index contributed by atoms with van der Waals surface area (Å²) < 4.78 is 0. The molecular weight excluding hydrogens is 385 g/mol. The van der Waals surface area contributed by atoms with E-state index in [2.05, 4.69) is 17.7 Å². The summed E-state index contributed by atoms with van der Waals surface area (Å²) in [5.74, 6) is -0.244. The van der Waals surface area contributed by atoms with Crippen LogP contribution in [0.15, 0.2) is 12.2 Å². The molecule has 133 valence electrons. The Balaban J connectivity index is 0.00000484. The number of imide groups is 1. The Morgan fingerprint density at radius 2 is 1.78 bits per heavy atom. The molecule has 7 heteroatoms. The van der Waals surface area contributed by atoms with E-state index in [4.69, 9.17) is 0 Å². The first kappa shape index (κ1) is 22.1. The summed E-state index contributed by atoms with van der Waals surface area (Å²) in [5, 5.41) is 6.09. The smallest absolute Gasteiger partial charge is 0.253 e. The van der Waals surface area contributed by atoms with Crippen LogP contribution < -0.4 is 10.6 Å². The van der Waals surface area contributed by atoms with Crippen molar-refractivity contribution in [3.05, 3.63) is 19.2 Å². The van der Waals surface area contributed by atoms with Crippen LogP contribution in [0.2, 0.25) is 0 Å². The van der Waals surface area contributed by atoms with Crippen LogP contribution >= 0.6 is 0 Å². The maximum absolute atomic E-state index is 11.5. The van der Waals surface area contributed by atoms with Crippen molar-refractivity contribution in [1.29, 1.82) is 0 Å². The van der Waals surface area contributed by atoms with Crippen LogP contribution in [0.5, 0.6) is 0 Å². The zero-order chi connectivity index (χ0) is 16.4. The maximum atomic E-state index is 11.5. The second-order valence-corrected chi connectivity index (χ2v) is 5.34. The number of amides is 2. The third-order valence-electron chi connectivity index (χ3n) is 3.72. The SMILES string of the molecule is [CH2-]NC(CCCCNCCCN1C(=O)C=CC1=O)C(=O)CC.[Rh]. The number of unbranched alkanes of at least 4 members (excludes halogenated alkanes) is 1. The molecule has 1 unspecified atom stereocenters. The average Bonchev–Trinajstić information content (AvgIpc) is 2.84. The van der Waals surface area contributed by atoms with Gasteiger partial charge in [-0.1, -0.05) is 13.3 Å². The van der Waals surface area contributed by atoms with Crippen LogP contribution in [0, 0.1) is 7.05 Å². The van der Waals surface area contributed by atoms with E-state index in [0.29, 0.717) is 13.0 Å². The van der Waals surface area contributed by atoms with Crippen molar-refractivity contribution in [2.45, 2.75) is 45.1 Å². The van der Waals surface area contributed by atoms with Crippen LogP contribution in [0.3, 0.4) is 0 Å². The fraction of sp³-hybridized carbons (Fsp3) is 0.625. The van der Waals surface area contributed by atoms with Gasteiger partial charge < -0.3 is 10.6 Å². The molecule has 23 heavy (non-hydrogen) atoms. The van der Waals surface area contributed by atoms with Gasteiger partial charge in [0.2, 0.25) is 0 Å². The van der Waals surface area contributed by atoms with Crippen LogP contribution in [-0.2, 0) is 33.9 Å². The number of nitrogens with one attached hydrogen (secondary N) is 2. The molecule has 0 bridgehead atoms. The van der Waals surface area contributed by atoms with Crippen LogP contribution in [0.1, 0.15) is 39.0 Å². The number of ketones is 1. The van der Waals surface area contributed by atoms with Gasteiger partial charge in [0.1, 0.15) is 5.78 Å². The molecule has 0 aromatic carbocycles. The predicted molar refractivity (Wildman–Crippen MR) is 84.8 cm³/mol. The van der Waals surface area contributed by atoms with E-state index in [1.54, 1.807) is 0 Å². The van der Waals surface area contributed by atoms with Gasteiger partial charge in [-0.25, -0.2) is 0 Å². The molecule has 1 heterocycles. The number of hydrogen-bond acceptors (Lipinski definition) is 5. The van der Waals surface area contributed by atoms with Gasteiger partial charge in [0.05, 0.1) is 0 Å². The second-order valence-electron chi connectivity index (χ2n) is 5.34. The minimum Gasteiger partial charge on any atom is -0.464 e. The van der Waals surface area contributed by atoms with Crippen LogP contribution in [-0.4, -0.2) is 48.2 Å². The van der Waals surface area contributed by atoms with E-state index in [1.807, 2.05) is 6.92 Å². The summed E-state index contributed by atoms with van der Waals surface area (Å²) in [6, 6.07) is -0.135. The minimum absolute atomic E-state index is 0. The summed E-state index contributed by atoms with van der Waals surface area (Å²) in [7, 11) is 3.59. The van der Waals surface area contributed by atoms with Gasteiger partial charge in [0.15, 0.2) is 0 Å². The van der Waals surface area contributed by atoms with E-state index >= 15 is 0 Å². The molecule has 1 atom stereocenters. The first-order valence-electron chi connectivity index (χ1n) is 7.89. The van der Waals surface area contributed by atoms with Gasteiger partial charge in [0, 0.05) is 50.6 Å². The Kier molecular flexibility index (Phi) is 12.0. The van der Waals surface area contributed by atoms with Crippen molar-refractivity contribution >= 4 is 17.6 Å². The molecule has 1 aliphatic heterocycles. The van der Waals surface area contributed by atoms with Crippen molar-refractivity contribution in [3.63, 3.8) is 0 Å². The Morgan fingerprint density at radius 1 is 1.17 bits per heavy atom. The molecule has 1 aliphatic rings. The number of carbonyl (C=O) groups excluding carboxylic acids is 3. The molecule has 2 amide bonds. The molecule has 1 rings (SSSR count). The van der Waals surface area contributed by atoms with Crippen molar-refractivity contribution in [3.8, 4) is 0 Å². The molecule has 0 fully saturated rings. The average molecular weight is 411 g/mol. The van der Waals surface area contributed by atoms with Gasteiger partial charge in [-0.3, -0.25) is 26.3 Å². The normalized spacial score (nSPS) is 15.0. The topological polar surface area (TPSA) is 78.5 Å². The van der Waals surface area contributed by atoms with Crippen molar-refractivity contribution < 1.29 is 33.9 Å². The van der Waals surface area contributed by atoms with E-state index in [-0.39, 0.29) is 43.1 Å². The van der Waals surface area contributed by atoms with E-state index < -0.39 is 0 Å². The van der Waals surface area contributed by atoms with E-state index in [0.717, 1.165) is 38.8 Å². The van der Waals surface area contributed by atoms with Crippen molar-refractivity contribution in [1.82, 2.24) is 15.5 Å². The third kappa shape index (κ3) is 7.95. The Bertz CT molecular complexity index is 409. The Labute approximate surface area is 151 Å². The molecule has 6 nitrogen and oxygen atoms in total.